The summed E-state index contributed by atoms with van der Waals surface area (Å²) in [6.45, 7) is 7.39. The number of anilines is 2. The predicted octanol–water partition coefficient (Wildman–Crippen LogP) is 3.74. The van der Waals surface area contributed by atoms with E-state index in [-0.39, 0.29) is 5.54 Å². The van der Waals surface area contributed by atoms with Crippen molar-refractivity contribution in [3.05, 3.63) is 11.8 Å². The first-order valence-electron chi connectivity index (χ1n) is 7.49. The average molecular weight is 262 g/mol. The van der Waals surface area contributed by atoms with Gasteiger partial charge in [0.1, 0.15) is 5.82 Å². The van der Waals surface area contributed by atoms with Gasteiger partial charge < -0.3 is 10.6 Å². The van der Waals surface area contributed by atoms with E-state index in [1.807, 2.05) is 13.0 Å². The van der Waals surface area contributed by atoms with Crippen molar-refractivity contribution < 1.29 is 0 Å². The third-order valence-corrected chi connectivity index (χ3v) is 3.77. The fraction of sp³-hybridized carbons (Fsp3) is 0.733. The number of nitrogens with zero attached hydrogens (tertiary/aromatic N) is 2. The number of hydrogen-bond acceptors (Lipinski definition) is 4. The lowest BCUT2D eigenvalue weighted by atomic mass is 9.83. The molecule has 0 saturated heterocycles. The fourth-order valence-corrected chi connectivity index (χ4v) is 2.71. The van der Waals surface area contributed by atoms with Crippen molar-refractivity contribution in [1.29, 1.82) is 0 Å². The van der Waals surface area contributed by atoms with Gasteiger partial charge in [0.15, 0.2) is 0 Å². The molecule has 1 heterocycles. The highest BCUT2D eigenvalue weighted by Crippen LogP contribution is 2.30. The van der Waals surface area contributed by atoms with Gasteiger partial charge in [-0.15, -0.1) is 0 Å². The predicted molar refractivity (Wildman–Crippen MR) is 80.7 cm³/mol. The standard InChI is InChI=1S/C15H26N4/c1-4-10-16-14-17-12(2)11-13(18-14)19-15(3)8-6-5-7-9-15/h11H,4-10H2,1-3H3,(H2,16,17,18,19). The Kier molecular flexibility index (Phi) is 4.61. The molecule has 0 bridgehead atoms. The summed E-state index contributed by atoms with van der Waals surface area (Å²) in [5, 5.41) is 6.89. The van der Waals surface area contributed by atoms with Gasteiger partial charge in [-0.3, -0.25) is 0 Å². The Hall–Kier alpha value is -1.32. The summed E-state index contributed by atoms with van der Waals surface area (Å²) in [7, 11) is 0. The van der Waals surface area contributed by atoms with E-state index in [9.17, 15) is 0 Å². The second kappa shape index (κ2) is 6.22. The summed E-state index contributed by atoms with van der Waals surface area (Å²) in [5.74, 6) is 1.69. The third kappa shape index (κ3) is 4.08. The Morgan fingerprint density at radius 1 is 1.21 bits per heavy atom. The lowest BCUT2D eigenvalue weighted by Crippen LogP contribution is -2.37. The van der Waals surface area contributed by atoms with Crippen LogP contribution in [0.3, 0.4) is 0 Å². The molecule has 2 rings (SSSR count). The normalized spacial score (nSPS) is 18.1. The Morgan fingerprint density at radius 2 is 1.95 bits per heavy atom. The summed E-state index contributed by atoms with van der Waals surface area (Å²) < 4.78 is 0. The van der Waals surface area contributed by atoms with Crippen LogP contribution >= 0.6 is 0 Å². The highest BCUT2D eigenvalue weighted by Gasteiger charge is 2.26. The van der Waals surface area contributed by atoms with Gasteiger partial charge >= 0.3 is 0 Å². The van der Waals surface area contributed by atoms with Gasteiger partial charge in [0.2, 0.25) is 5.95 Å². The summed E-state index contributed by atoms with van der Waals surface area (Å²) in [4.78, 5) is 9.00. The summed E-state index contributed by atoms with van der Waals surface area (Å²) in [6, 6.07) is 2.04. The molecule has 1 aromatic rings. The molecule has 4 nitrogen and oxygen atoms in total. The SMILES string of the molecule is CCCNc1nc(C)cc(NC2(C)CCCCC2)n1. The molecule has 0 unspecified atom stereocenters. The lowest BCUT2D eigenvalue weighted by Gasteiger charge is -2.35. The van der Waals surface area contributed by atoms with E-state index in [0.29, 0.717) is 0 Å². The van der Waals surface area contributed by atoms with Crippen molar-refractivity contribution in [3.63, 3.8) is 0 Å². The van der Waals surface area contributed by atoms with E-state index >= 15 is 0 Å². The minimum atomic E-state index is 0.196. The van der Waals surface area contributed by atoms with Gasteiger partial charge in [0.05, 0.1) is 0 Å². The molecule has 4 heteroatoms. The van der Waals surface area contributed by atoms with Crippen LogP contribution in [-0.2, 0) is 0 Å². The van der Waals surface area contributed by atoms with Crippen LogP contribution in [0.25, 0.3) is 0 Å². The first-order valence-corrected chi connectivity index (χ1v) is 7.49. The van der Waals surface area contributed by atoms with Gasteiger partial charge in [0.25, 0.3) is 0 Å². The summed E-state index contributed by atoms with van der Waals surface area (Å²) in [5.41, 5.74) is 1.21. The molecule has 1 aliphatic carbocycles. The molecule has 0 atom stereocenters. The number of hydrogen-bond donors (Lipinski definition) is 2. The maximum Gasteiger partial charge on any atom is 0.224 e. The van der Waals surface area contributed by atoms with E-state index in [1.165, 1.54) is 32.1 Å². The molecule has 0 spiro atoms. The van der Waals surface area contributed by atoms with Crippen molar-refractivity contribution >= 4 is 11.8 Å². The highest BCUT2D eigenvalue weighted by atomic mass is 15.2. The van der Waals surface area contributed by atoms with Crippen molar-refractivity contribution in [2.75, 3.05) is 17.2 Å². The van der Waals surface area contributed by atoms with Crippen molar-refractivity contribution in [2.24, 2.45) is 0 Å². The van der Waals surface area contributed by atoms with E-state index in [4.69, 9.17) is 0 Å². The van der Waals surface area contributed by atoms with Gasteiger partial charge in [0, 0.05) is 23.8 Å². The topological polar surface area (TPSA) is 49.8 Å². The van der Waals surface area contributed by atoms with Crippen LogP contribution < -0.4 is 10.6 Å². The summed E-state index contributed by atoms with van der Waals surface area (Å²) in [6.07, 6.45) is 7.53. The molecule has 0 radical (unpaired) electrons. The summed E-state index contributed by atoms with van der Waals surface area (Å²) >= 11 is 0. The Balaban J connectivity index is 2.08. The highest BCUT2D eigenvalue weighted by molar-refractivity contribution is 5.44. The Labute approximate surface area is 116 Å². The van der Waals surface area contributed by atoms with Crippen LogP contribution in [0.15, 0.2) is 6.07 Å². The van der Waals surface area contributed by atoms with E-state index < -0.39 is 0 Å². The molecule has 1 fully saturated rings. The quantitative estimate of drug-likeness (QED) is 0.848. The van der Waals surface area contributed by atoms with Gasteiger partial charge in [-0.1, -0.05) is 26.2 Å². The number of nitrogens with one attached hydrogen (secondary N) is 2. The zero-order valence-electron chi connectivity index (χ0n) is 12.4. The molecule has 1 saturated carbocycles. The van der Waals surface area contributed by atoms with Gasteiger partial charge in [-0.05, 0) is 33.1 Å². The van der Waals surface area contributed by atoms with Crippen molar-refractivity contribution in [3.8, 4) is 0 Å². The zero-order valence-corrected chi connectivity index (χ0v) is 12.4. The van der Waals surface area contributed by atoms with E-state index in [2.05, 4.69) is 34.4 Å². The fourth-order valence-electron chi connectivity index (χ4n) is 2.71. The monoisotopic (exact) mass is 262 g/mol. The van der Waals surface area contributed by atoms with Crippen LogP contribution in [0.2, 0.25) is 0 Å². The van der Waals surface area contributed by atoms with Crippen molar-refractivity contribution in [1.82, 2.24) is 9.97 Å². The Bertz CT molecular complexity index is 411. The van der Waals surface area contributed by atoms with Crippen LogP contribution in [0, 0.1) is 6.92 Å². The number of aromatic nitrogens is 2. The smallest absolute Gasteiger partial charge is 0.224 e. The third-order valence-electron chi connectivity index (χ3n) is 3.77. The molecule has 0 aliphatic heterocycles. The second-order valence-electron chi connectivity index (χ2n) is 5.89. The van der Waals surface area contributed by atoms with Crippen LogP contribution in [-0.4, -0.2) is 22.1 Å². The van der Waals surface area contributed by atoms with Gasteiger partial charge in [-0.25, -0.2) is 4.98 Å². The maximum atomic E-state index is 4.58. The Morgan fingerprint density at radius 3 is 2.63 bits per heavy atom. The molecule has 106 valence electrons. The van der Waals surface area contributed by atoms with Gasteiger partial charge in [-0.2, -0.15) is 4.98 Å². The molecule has 0 aromatic carbocycles. The van der Waals surface area contributed by atoms with E-state index in [1.54, 1.807) is 0 Å². The van der Waals surface area contributed by atoms with Crippen LogP contribution in [0.1, 0.15) is 58.1 Å². The second-order valence-corrected chi connectivity index (χ2v) is 5.89. The maximum absolute atomic E-state index is 4.58. The molecule has 1 aromatic heterocycles. The number of aryl methyl sites for hydroxylation is 1. The molecular formula is C15H26N4. The van der Waals surface area contributed by atoms with Crippen LogP contribution in [0.5, 0.6) is 0 Å². The lowest BCUT2D eigenvalue weighted by molar-refractivity contribution is 0.348. The molecule has 2 N–H and O–H groups in total. The van der Waals surface area contributed by atoms with Crippen LogP contribution in [0.4, 0.5) is 11.8 Å². The number of rotatable bonds is 5. The van der Waals surface area contributed by atoms with Crippen molar-refractivity contribution in [2.45, 2.75) is 64.8 Å². The largest absolute Gasteiger partial charge is 0.365 e. The molecule has 1 aliphatic rings. The molecule has 0 amide bonds. The minimum Gasteiger partial charge on any atom is -0.365 e. The zero-order chi connectivity index (χ0) is 13.7. The minimum absolute atomic E-state index is 0.196. The first kappa shape index (κ1) is 14.1. The molecule has 19 heavy (non-hydrogen) atoms. The molecular weight excluding hydrogens is 236 g/mol. The van der Waals surface area contributed by atoms with E-state index in [0.717, 1.165) is 30.4 Å². The first-order chi connectivity index (χ1) is 9.11. The average Bonchev–Trinajstić information content (AvgIpc) is 2.36.